The number of benzene rings is 1. The van der Waals surface area contributed by atoms with Crippen molar-refractivity contribution >= 4 is 30.7 Å². The Kier molecular flexibility index (Phi) is 9.93. The average molecular weight is 414 g/mol. The molecular weight excluding hydrogens is 389 g/mol. The lowest BCUT2D eigenvalue weighted by Gasteiger charge is -2.31. The predicted octanol–water partition coefficient (Wildman–Crippen LogP) is 3.31. The number of carbonyl (C=O) groups is 1. The van der Waals surface area contributed by atoms with Crippen LogP contribution in [0.25, 0.3) is 0 Å². The number of piperidine rings is 1. The molecule has 0 unspecified atom stereocenters. The van der Waals surface area contributed by atoms with Gasteiger partial charge in [-0.1, -0.05) is 6.07 Å². The number of likely N-dealkylation sites (N-methyl/N-ethyl adjacent to an activating group) is 1. The van der Waals surface area contributed by atoms with Gasteiger partial charge in [0.25, 0.3) is 5.91 Å². The van der Waals surface area contributed by atoms with Crippen molar-refractivity contribution in [1.82, 2.24) is 15.2 Å². The zero-order valence-corrected chi connectivity index (χ0v) is 16.8. The van der Waals surface area contributed by atoms with E-state index in [1.165, 1.54) is 0 Å². The molecule has 0 spiro atoms. The summed E-state index contributed by atoms with van der Waals surface area (Å²) < 4.78 is 11.2. The molecule has 0 saturated carbocycles. The molecule has 148 valence electrons. The molecule has 1 aliphatic heterocycles. The quantitative estimate of drug-likeness (QED) is 0.786. The van der Waals surface area contributed by atoms with Crippen LogP contribution in [0.4, 0.5) is 0 Å². The van der Waals surface area contributed by atoms with Gasteiger partial charge in [-0.2, -0.15) is 0 Å². The second-order valence-electron chi connectivity index (χ2n) is 6.02. The molecule has 27 heavy (non-hydrogen) atoms. The number of amides is 1. The highest BCUT2D eigenvalue weighted by atomic mass is 35.5. The molecule has 0 atom stereocenters. The van der Waals surface area contributed by atoms with E-state index in [4.69, 9.17) is 9.47 Å². The van der Waals surface area contributed by atoms with Crippen LogP contribution in [0.3, 0.4) is 0 Å². The van der Waals surface area contributed by atoms with Crippen LogP contribution in [0, 0.1) is 0 Å². The molecule has 1 fully saturated rings. The van der Waals surface area contributed by atoms with Crippen molar-refractivity contribution in [3.8, 4) is 17.4 Å². The number of hydrogen-bond acceptors (Lipinski definition) is 5. The topological polar surface area (TPSA) is 63.7 Å². The third-order valence-electron chi connectivity index (χ3n) is 4.30. The summed E-state index contributed by atoms with van der Waals surface area (Å²) in [5.41, 5.74) is 0. The molecule has 1 N–H and O–H groups in total. The van der Waals surface area contributed by atoms with Gasteiger partial charge >= 0.3 is 0 Å². The standard InChI is InChI=1S/C19H23N3O3.2ClH/c1-22(15-9-12-20-13-10-15)19(23)14-24-16-5-7-17(8-6-16)25-18-4-2-3-11-21-18;;/h2-8,11,15,20H,9-10,12-14H2,1H3;2*1H. The van der Waals surface area contributed by atoms with E-state index >= 15 is 0 Å². The van der Waals surface area contributed by atoms with Crippen LogP contribution in [0.5, 0.6) is 17.4 Å². The smallest absolute Gasteiger partial charge is 0.260 e. The summed E-state index contributed by atoms with van der Waals surface area (Å²) in [5, 5.41) is 3.30. The van der Waals surface area contributed by atoms with Gasteiger partial charge in [0, 0.05) is 25.4 Å². The molecule has 8 heteroatoms. The lowest BCUT2D eigenvalue weighted by atomic mass is 10.1. The van der Waals surface area contributed by atoms with Crippen molar-refractivity contribution in [3.05, 3.63) is 48.7 Å². The Morgan fingerprint density at radius 3 is 2.41 bits per heavy atom. The maximum absolute atomic E-state index is 12.3. The first-order chi connectivity index (χ1) is 12.2. The molecule has 2 heterocycles. The Morgan fingerprint density at radius 1 is 1.11 bits per heavy atom. The first-order valence-corrected chi connectivity index (χ1v) is 8.50. The number of rotatable bonds is 6. The Labute approximate surface area is 172 Å². The summed E-state index contributed by atoms with van der Waals surface area (Å²) in [7, 11) is 1.85. The number of aromatic nitrogens is 1. The van der Waals surface area contributed by atoms with E-state index in [2.05, 4.69) is 10.3 Å². The molecule has 2 aromatic rings. The maximum Gasteiger partial charge on any atom is 0.260 e. The summed E-state index contributed by atoms with van der Waals surface area (Å²) in [5.74, 6) is 1.85. The van der Waals surface area contributed by atoms with Crippen molar-refractivity contribution in [3.63, 3.8) is 0 Å². The molecular formula is C19H25Cl2N3O3. The number of carbonyl (C=O) groups excluding carboxylic acids is 1. The second-order valence-corrected chi connectivity index (χ2v) is 6.02. The van der Waals surface area contributed by atoms with Gasteiger partial charge < -0.3 is 19.7 Å². The number of hydrogen-bond donors (Lipinski definition) is 1. The van der Waals surface area contributed by atoms with Gasteiger partial charge in [-0.05, 0) is 56.3 Å². The Morgan fingerprint density at radius 2 is 1.78 bits per heavy atom. The van der Waals surface area contributed by atoms with E-state index in [1.54, 1.807) is 41.4 Å². The van der Waals surface area contributed by atoms with E-state index in [0.29, 0.717) is 23.4 Å². The summed E-state index contributed by atoms with van der Waals surface area (Å²) in [6.45, 7) is 1.96. The van der Waals surface area contributed by atoms with Crippen LogP contribution in [0.15, 0.2) is 48.7 Å². The predicted molar refractivity (Wildman–Crippen MR) is 109 cm³/mol. The fraction of sp³-hybridized carbons (Fsp3) is 0.368. The third-order valence-corrected chi connectivity index (χ3v) is 4.30. The average Bonchev–Trinajstić information content (AvgIpc) is 2.68. The molecule has 0 radical (unpaired) electrons. The largest absolute Gasteiger partial charge is 0.484 e. The lowest BCUT2D eigenvalue weighted by molar-refractivity contribution is -0.134. The number of ether oxygens (including phenoxy) is 2. The third kappa shape index (κ3) is 6.90. The van der Waals surface area contributed by atoms with E-state index in [0.717, 1.165) is 25.9 Å². The van der Waals surface area contributed by atoms with Crippen molar-refractivity contribution in [2.45, 2.75) is 18.9 Å². The van der Waals surface area contributed by atoms with Crippen LogP contribution < -0.4 is 14.8 Å². The highest BCUT2D eigenvalue weighted by Gasteiger charge is 2.22. The van der Waals surface area contributed by atoms with Crippen LogP contribution in [0.1, 0.15) is 12.8 Å². The zero-order chi connectivity index (χ0) is 17.5. The van der Waals surface area contributed by atoms with Gasteiger partial charge in [0.1, 0.15) is 11.5 Å². The van der Waals surface area contributed by atoms with E-state index in [9.17, 15) is 4.79 Å². The highest BCUT2D eigenvalue weighted by Crippen LogP contribution is 2.22. The highest BCUT2D eigenvalue weighted by molar-refractivity contribution is 5.85. The van der Waals surface area contributed by atoms with E-state index in [1.807, 2.05) is 19.2 Å². The SMILES string of the molecule is CN(C(=O)COc1ccc(Oc2ccccn2)cc1)C1CCNCC1.Cl.Cl. The first-order valence-electron chi connectivity index (χ1n) is 8.50. The number of nitrogens with zero attached hydrogens (tertiary/aromatic N) is 2. The fourth-order valence-corrected chi connectivity index (χ4v) is 2.78. The number of halogens is 2. The second kappa shape index (κ2) is 11.6. The minimum absolute atomic E-state index is 0. The van der Waals surface area contributed by atoms with Crippen LogP contribution in [-0.2, 0) is 4.79 Å². The summed E-state index contributed by atoms with van der Waals surface area (Å²) >= 11 is 0. The first kappa shape index (κ1) is 23.0. The molecule has 6 nitrogen and oxygen atoms in total. The summed E-state index contributed by atoms with van der Waals surface area (Å²) in [6.07, 6.45) is 3.65. The molecule has 0 aliphatic carbocycles. The monoisotopic (exact) mass is 413 g/mol. The molecule has 0 bridgehead atoms. The van der Waals surface area contributed by atoms with Gasteiger partial charge in [0.2, 0.25) is 5.88 Å². The van der Waals surface area contributed by atoms with Crippen molar-refractivity contribution in [2.24, 2.45) is 0 Å². The Hall–Kier alpha value is -2.02. The maximum atomic E-state index is 12.3. The lowest BCUT2D eigenvalue weighted by Crippen LogP contribution is -2.45. The Bertz CT molecular complexity index is 680. The van der Waals surface area contributed by atoms with Gasteiger partial charge in [0.05, 0.1) is 0 Å². The van der Waals surface area contributed by atoms with Gasteiger partial charge in [-0.3, -0.25) is 4.79 Å². The normalized spacial score (nSPS) is 13.7. The minimum atomic E-state index is 0. The molecule has 3 rings (SSSR count). The van der Waals surface area contributed by atoms with Crippen LogP contribution in [0.2, 0.25) is 0 Å². The van der Waals surface area contributed by atoms with Gasteiger partial charge in [-0.25, -0.2) is 4.98 Å². The van der Waals surface area contributed by atoms with Crippen molar-refractivity contribution < 1.29 is 14.3 Å². The molecule has 1 aromatic carbocycles. The van der Waals surface area contributed by atoms with Gasteiger partial charge in [0.15, 0.2) is 6.61 Å². The fourth-order valence-electron chi connectivity index (χ4n) is 2.78. The van der Waals surface area contributed by atoms with Crippen LogP contribution in [-0.4, -0.2) is 48.6 Å². The number of nitrogens with one attached hydrogen (secondary N) is 1. The molecule has 1 aromatic heterocycles. The van der Waals surface area contributed by atoms with Gasteiger partial charge in [-0.15, -0.1) is 24.8 Å². The van der Waals surface area contributed by atoms with E-state index in [-0.39, 0.29) is 37.3 Å². The van der Waals surface area contributed by atoms with E-state index < -0.39 is 0 Å². The number of pyridine rings is 1. The molecule has 1 saturated heterocycles. The molecule has 1 aliphatic rings. The van der Waals surface area contributed by atoms with Crippen LogP contribution >= 0.6 is 24.8 Å². The van der Waals surface area contributed by atoms with Crippen molar-refractivity contribution in [1.29, 1.82) is 0 Å². The summed E-state index contributed by atoms with van der Waals surface area (Å²) in [6, 6.07) is 13.0. The zero-order valence-electron chi connectivity index (χ0n) is 15.2. The summed E-state index contributed by atoms with van der Waals surface area (Å²) in [4.78, 5) is 18.2. The Balaban J connectivity index is 0.00000182. The minimum Gasteiger partial charge on any atom is -0.484 e. The molecule has 1 amide bonds. The van der Waals surface area contributed by atoms with Crippen molar-refractivity contribution in [2.75, 3.05) is 26.7 Å².